The number of nitrogens with zero attached hydrogens (tertiary/aromatic N) is 1. The molecule has 2 aliphatic rings. The Morgan fingerprint density at radius 3 is 2.53 bits per heavy atom. The van der Waals surface area contributed by atoms with Crippen molar-refractivity contribution >= 4 is 11.3 Å². The normalized spacial score (nSPS) is 21.2. The van der Waals surface area contributed by atoms with E-state index in [9.17, 15) is 0 Å². The summed E-state index contributed by atoms with van der Waals surface area (Å²) in [5, 5.41) is 3.48. The number of hydrogen-bond acceptors (Lipinski definition) is 3. The Hall–Kier alpha value is -0.380. The van der Waals surface area contributed by atoms with E-state index in [1.165, 1.54) is 61.6 Å². The fourth-order valence-corrected chi connectivity index (χ4v) is 4.18. The van der Waals surface area contributed by atoms with Crippen molar-refractivity contribution in [2.75, 3.05) is 19.6 Å². The van der Waals surface area contributed by atoms with E-state index in [1.54, 1.807) is 5.56 Å². The second-order valence-corrected chi connectivity index (χ2v) is 7.75. The van der Waals surface area contributed by atoms with Gasteiger partial charge in [0.2, 0.25) is 0 Å². The zero-order chi connectivity index (χ0) is 13.2. The Morgan fingerprint density at radius 1 is 1.21 bits per heavy atom. The van der Waals surface area contributed by atoms with Gasteiger partial charge in [-0.1, -0.05) is 0 Å². The maximum atomic E-state index is 3.48. The molecule has 0 unspecified atom stereocenters. The van der Waals surface area contributed by atoms with Gasteiger partial charge in [-0.2, -0.15) is 0 Å². The molecule has 0 spiro atoms. The maximum Gasteiger partial charge on any atom is 0.0247 e. The summed E-state index contributed by atoms with van der Waals surface area (Å²) in [5.74, 6) is 0.918. The third-order valence-corrected chi connectivity index (χ3v) is 5.54. The van der Waals surface area contributed by atoms with Crippen LogP contribution in [0.25, 0.3) is 0 Å². The Labute approximate surface area is 121 Å². The molecule has 106 valence electrons. The lowest BCUT2D eigenvalue weighted by atomic mass is 9.97. The Kier molecular flexibility index (Phi) is 4.25. The van der Waals surface area contributed by atoms with Gasteiger partial charge in [-0.25, -0.2) is 0 Å². The van der Waals surface area contributed by atoms with E-state index in [1.807, 2.05) is 11.3 Å². The lowest BCUT2D eigenvalue weighted by molar-refractivity contribution is 0.190. The van der Waals surface area contributed by atoms with Gasteiger partial charge in [0.15, 0.2) is 0 Å². The summed E-state index contributed by atoms with van der Waals surface area (Å²) in [7, 11) is 0. The molecule has 2 nitrogen and oxygen atoms in total. The molecule has 2 heterocycles. The third-order valence-electron chi connectivity index (χ3n) is 4.53. The first kappa shape index (κ1) is 13.6. The minimum atomic E-state index is 0.884. The van der Waals surface area contributed by atoms with Gasteiger partial charge in [0.25, 0.3) is 0 Å². The first-order valence-corrected chi connectivity index (χ1v) is 8.54. The minimum Gasteiger partial charge on any atom is -0.317 e. The topological polar surface area (TPSA) is 15.3 Å². The fraction of sp³-hybridized carbons (Fsp3) is 0.750. The van der Waals surface area contributed by atoms with Gasteiger partial charge >= 0.3 is 0 Å². The molecule has 2 fully saturated rings. The van der Waals surface area contributed by atoms with Crippen molar-refractivity contribution in [3.8, 4) is 0 Å². The van der Waals surface area contributed by atoms with Crippen LogP contribution in [0, 0.1) is 19.8 Å². The predicted octanol–water partition coefficient (Wildman–Crippen LogP) is 3.33. The summed E-state index contributed by atoms with van der Waals surface area (Å²) >= 11 is 1.95. The zero-order valence-corrected chi connectivity index (χ0v) is 13.1. The highest BCUT2D eigenvalue weighted by Gasteiger charge is 2.31. The van der Waals surface area contributed by atoms with Gasteiger partial charge in [0.1, 0.15) is 0 Å². The number of piperidine rings is 1. The van der Waals surface area contributed by atoms with Gasteiger partial charge in [-0.15, -0.1) is 11.3 Å². The molecule has 3 rings (SSSR count). The smallest absolute Gasteiger partial charge is 0.0247 e. The highest BCUT2D eigenvalue weighted by Crippen LogP contribution is 2.32. The Balaban J connectivity index is 1.62. The minimum absolute atomic E-state index is 0.884. The van der Waals surface area contributed by atoms with Crippen molar-refractivity contribution < 1.29 is 0 Å². The molecule has 0 aromatic carbocycles. The molecule has 1 aliphatic carbocycles. The van der Waals surface area contributed by atoms with E-state index < -0.39 is 0 Å². The molecule has 0 amide bonds. The van der Waals surface area contributed by atoms with Crippen LogP contribution in [0.3, 0.4) is 0 Å². The van der Waals surface area contributed by atoms with Crippen LogP contribution in [-0.2, 0) is 6.54 Å². The lowest BCUT2D eigenvalue weighted by Gasteiger charge is -2.30. The predicted molar refractivity (Wildman–Crippen MR) is 82.8 cm³/mol. The lowest BCUT2D eigenvalue weighted by Crippen LogP contribution is -2.37. The number of hydrogen-bond donors (Lipinski definition) is 1. The average Bonchev–Trinajstić information content (AvgIpc) is 3.18. The van der Waals surface area contributed by atoms with Gasteiger partial charge in [0.05, 0.1) is 0 Å². The molecule has 1 saturated carbocycles. The van der Waals surface area contributed by atoms with Crippen LogP contribution in [0.4, 0.5) is 0 Å². The van der Waals surface area contributed by atoms with Gasteiger partial charge in [0, 0.05) is 28.9 Å². The van der Waals surface area contributed by atoms with Gasteiger partial charge < -0.3 is 5.32 Å². The molecular weight excluding hydrogens is 252 g/mol. The van der Waals surface area contributed by atoms with Crippen molar-refractivity contribution in [2.45, 2.75) is 52.1 Å². The molecule has 0 radical (unpaired) electrons. The van der Waals surface area contributed by atoms with E-state index in [0.717, 1.165) is 12.0 Å². The largest absolute Gasteiger partial charge is 0.317 e. The molecule has 0 bridgehead atoms. The van der Waals surface area contributed by atoms with E-state index >= 15 is 0 Å². The quantitative estimate of drug-likeness (QED) is 0.889. The number of thiophene rings is 1. The van der Waals surface area contributed by atoms with Crippen molar-refractivity contribution in [1.82, 2.24) is 10.2 Å². The monoisotopic (exact) mass is 278 g/mol. The first-order valence-electron chi connectivity index (χ1n) is 7.73. The highest BCUT2D eigenvalue weighted by atomic mass is 32.1. The molecule has 1 aromatic rings. The number of rotatable bonds is 5. The molecule has 0 atom stereocenters. The first-order chi connectivity index (χ1) is 9.22. The Morgan fingerprint density at radius 2 is 1.95 bits per heavy atom. The van der Waals surface area contributed by atoms with Crippen molar-refractivity contribution in [3.63, 3.8) is 0 Å². The van der Waals surface area contributed by atoms with Gasteiger partial charge in [-0.3, -0.25) is 4.90 Å². The third kappa shape index (κ3) is 3.59. The Bertz CT molecular complexity index is 416. The SMILES string of the molecule is Cc1cc(CN(CC2CCNCC2)C2CC2)c(C)s1. The van der Waals surface area contributed by atoms with Gasteiger partial charge in [-0.05, 0) is 70.2 Å². The summed E-state index contributed by atoms with van der Waals surface area (Å²) in [4.78, 5) is 5.75. The average molecular weight is 278 g/mol. The van der Waals surface area contributed by atoms with E-state index in [2.05, 4.69) is 30.1 Å². The molecular formula is C16H26N2S. The summed E-state index contributed by atoms with van der Waals surface area (Å²) in [6, 6.07) is 3.28. The van der Waals surface area contributed by atoms with Crippen LogP contribution in [0.1, 0.15) is 41.0 Å². The zero-order valence-electron chi connectivity index (χ0n) is 12.2. The molecule has 1 saturated heterocycles. The molecule has 1 aromatic heterocycles. The summed E-state index contributed by atoms with van der Waals surface area (Å²) < 4.78 is 0. The molecule has 1 aliphatic heterocycles. The van der Waals surface area contributed by atoms with Crippen LogP contribution in [0.2, 0.25) is 0 Å². The van der Waals surface area contributed by atoms with Crippen LogP contribution in [0.15, 0.2) is 6.07 Å². The summed E-state index contributed by atoms with van der Waals surface area (Å²) in [5.41, 5.74) is 1.57. The van der Waals surface area contributed by atoms with Crippen LogP contribution >= 0.6 is 11.3 Å². The van der Waals surface area contributed by atoms with Crippen molar-refractivity contribution in [3.05, 3.63) is 21.4 Å². The number of aryl methyl sites for hydroxylation is 2. The van der Waals surface area contributed by atoms with E-state index in [0.29, 0.717) is 0 Å². The van der Waals surface area contributed by atoms with Crippen molar-refractivity contribution in [1.29, 1.82) is 0 Å². The van der Waals surface area contributed by atoms with E-state index in [4.69, 9.17) is 0 Å². The standard InChI is InChI=1S/C16H26N2S/c1-12-9-15(13(2)19-12)11-18(16-3-4-16)10-14-5-7-17-8-6-14/h9,14,16-17H,3-8,10-11H2,1-2H3. The highest BCUT2D eigenvalue weighted by molar-refractivity contribution is 7.12. The van der Waals surface area contributed by atoms with Crippen LogP contribution in [-0.4, -0.2) is 30.6 Å². The maximum absolute atomic E-state index is 3.48. The second kappa shape index (κ2) is 5.94. The molecule has 19 heavy (non-hydrogen) atoms. The summed E-state index contributed by atoms with van der Waals surface area (Å²) in [6.45, 7) is 9.46. The number of nitrogens with one attached hydrogen (secondary N) is 1. The molecule has 1 N–H and O–H groups in total. The fourth-order valence-electron chi connectivity index (χ4n) is 3.24. The van der Waals surface area contributed by atoms with Crippen LogP contribution in [0.5, 0.6) is 0 Å². The van der Waals surface area contributed by atoms with E-state index in [-0.39, 0.29) is 0 Å². The van der Waals surface area contributed by atoms with Crippen LogP contribution < -0.4 is 5.32 Å². The van der Waals surface area contributed by atoms with Crippen molar-refractivity contribution in [2.24, 2.45) is 5.92 Å². The second-order valence-electron chi connectivity index (χ2n) is 6.29. The summed E-state index contributed by atoms with van der Waals surface area (Å²) in [6.07, 6.45) is 5.58. The molecule has 3 heteroatoms.